The van der Waals surface area contributed by atoms with Gasteiger partial charge in [0.15, 0.2) is 0 Å². The average molecular weight is 310 g/mol. The molecule has 0 unspecified atom stereocenters. The smallest absolute Gasteiger partial charge is 0.0373 e. The Balaban J connectivity index is 2.05. The number of benzene rings is 2. The van der Waals surface area contributed by atoms with Crippen LogP contribution in [0.3, 0.4) is 0 Å². The first-order chi connectivity index (χ1) is 11.1. The Morgan fingerprint density at radius 3 is 2.52 bits per heavy atom. The van der Waals surface area contributed by atoms with E-state index in [1.54, 1.807) is 0 Å². The highest BCUT2D eigenvalue weighted by atomic mass is 15.1. The van der Waals surface area contributed by atoms with Crippen molar-refractivity contribution in [3.8, 4) is 0 Å². The van der Waals surface area contributed by atoms with E-state index in [1.807, 2.05) is 0 Å². The second kappa shape index (κ2) is 8.73. The van der Waals surface area contributed by atoms with E-state index in [4.69, 9.17) is 0 Å². The summed E-state index contributed by atoms with van der Waals surface area (Å²) in [5.74, 6) is 0. The Labute approximate surface area is 141 Å². The minimum atomic E-state index is 0.391. The van der Waals surface area contributed by atoms with Crippen molar-refractivity contribution in [3.63, 3.8) is 0 Å². The second-order valence-corrected chi connectivity index (χ2v) is 6.43. The average Bonchev–Trinajstić information content (AvgIpc) is 2.57. The largest absolute Gasteiger partial charge is 0.385 e. The number of anilines is 1. The Hall–Kier alpha value is -1.80. The van der Waals surface area contributed by atoms with Crippen LogP contribution in [0.15, 0.2) is 48.5 Å². The molecule has 2 aromatic carbocycles. The standard InChI is InChI=1S/C21H30N2/c1-5-6-14-22-21-15-20(13-12-17(21)2)18(3)23(4)16-19-10-8-7-9-11-19/h7-13,15,18,22H,5-6,14,16H2,1-4H3/t18-/m0/s1. The van der Waals surface area contributed by atoms with Crippen molar-refractivity contribution in [1.29, 1.82) is 0 Å². The highest BCUT2D eigenvalue weighted by Crippen LogP contribution is 2.25. The van der Waals surface area contributed by atoms with Gasteiger partial charge in [0.25, 0.3) is 0 Å². The van der Waals surface area contributed by atoms with E-state index in [0.29, 0.717) is 6.04 Å². The fourth-order valence-corrected chi connectivity index (χ4v) is 2.75. The molecule has 0 bridgehead atoms. The van der Waals surface area contributed by atoms with Gasteiger partial charge < -0.3 is 5.32 Å². The maximum Gasteiger partial charge on any atom is 0.0373 e. The molecule has 0 saturated heterocycles. The van der Waals surface area contributed by atoms with Crippen molar-refractivity contribution in [3.05, 3.63) is 65.2 Å². The summed E-state index contributed by atoms with van der Waals surface area (Å²) >= 11 is 0. The van der Waals surface area contributed by atoms with Gasteiger partial charge in [-0.3, -0.25) is 4.90 Å². The lowest BCUT2D eigenvalue weighted by Gasteiger charge is -2.26. The van der Waals surface area contributed by atoms with E-state index >= 15 is 0 Å². The minimum Gasteiger partial charge on any atom is -0.385 e. The van der Waals surface area contributed by atoms with E-state index in [-0.39, 0.29) is 0 Å². The lowest BCUT2D eigenvalue weighted by Crippen LogP contribution is -2.22. The van der Waals surface area contributed by atoms with Gasteiger partial charge in [-0.05, 0) is 50.1 Å². The maximum absolute atomic E-state index is 3.58. The number of rotatable bonds is 8. The van der Waals surface area contributed by atoms with Crippen LogP contribution in [0.2, 0.25) is 0 Å². The Bertz CT molecular complexity index is 592. The molecule has 0 amide bonds. The molecule has 0 saturated carbocycles. The van der Waals surface area contributed by atoms with E-state index in [9.17, 15) is 0 Å². The Morgan fingerprint density at radius 2 is 1.83 bits per heavy atom. The maximum atomic E-state index is 3.58. The molecular formula is C21H30N2. The lowest BCUT2D eigenvalue weighted by atomic mass is 10.0. The van der Waals surface area contributed by atoms with Gasteiger partial charge in [-0.1, -0.05) is 55.8 Å². The zero-order valence-corrected chi connectivity index (χ0v) is 15.0. The van der Waals surface area contributed by atoms with E-state index < -0.39 is 0 Å². The highest BCUT2D eigenvalue weighted by molar-refractivity contribution is 5.53. The summed E-state index contributed by atoms with van der Waals surface area (Å²) in [6.07, 6.45) is 2.44. The molecule has 0 aliphatic rings. The molecule has 0 heterocycles. The van der Waals surface area contributed by atoms with Crippen molar-refractivity contribution >= 4 is 5.69 Å². The summed E-state index contributed by atoms with van der Waals surface area (Å²) in [6.45, 7) is 8.70. The van der Waals surface area contributed by atoms with Crippen LogP contribution in [-0.2, 0) is 6.54 Å². The van der Waals surface area contributed by atoms with Crippen LogP contribution < -0.4 is 5.32 Å². The van der Waals surface area contributed by atoms with Crippen molar-refractivity contribution in [2.45, 2.75) is 46.2 Å². The predicted octanol–water partition coefficient (Wildman–Crippen LogP) is 5.40. The van der Waals surface area contributed by atoms with Crippen LogP contribution >= 0.6 is 0 Å². The summed E-state index contributed by atoms with van der Waals surface area (Å²) in [6, 6.07) is 17.9. The second-order valence-electron chi connectivity index (χ2n) is 6.43. The van der Waals surface area contributed by atoms with Gasteiger partial charge in [0.1, 0.15) is 0 Å². The van der Waals surface area contributed by atoms with Crippen molar-refractivity contribution in [2.75, 3.05) is 18.9 Å². The van der Waals surface area contributed by atoms with Gasteiger partial charge in [0, 0.05) is 24.8 Å². The zero-order chi connectivity index (χ0) is 16.7. The van der Waals surface area contributed by atoms with Crippen LogP contribution in [0.25, 0.3) is 0 Å². The number of hydrogen-bond acceptors (Lipinski definition) is 2. The van der Waals surface area contributed by atoms with Crippen LogP contribution in [-0.4, -0.2) is 18.5 Å². The molecule has 124 valence electrons. The lowest BCUT2D eigenvalue weighted by molar-refractivity contribution is 0.253. The van der Waals surface area contributed by atoms with Crippen molar-refractivity contribution in [2.24, 2.45) is 0 Å². The SMILES string of the molecule is CCCCNc1cc([C@H](C)N(C)Cc2ccccc2)ccc1C. The summed E-state index contributed by atoms with van der Waals surface area (Å²) in [4.78, 5) is 2.40. The van der Waals surface area contributed by atoms with Crippen LogP contribution in [0.1, 0.15) is 49.4 Å². The molecular weight excluding hydrogens is 280 g/mol. The zero-order valence-electron chi connectivity index (χ0n) is 15.0. The summed E-state index contributed by atoms with van der Waals surface area (Å²) in [5.41, 5.74) is 5.32. The fourth-order valence-electron chi connectivity index (χ4n) is 2.75. The molecule has 2 nitrogen and oxygen atoms in total. The molecule has 1 N–H and O–H groups in total. The molecule has 0 radical (unpaired) electrons. The number of nitrogens with one attached hydrogen (secondary N) is 1. The topological polar surface area (TPSA) is 15.3 Å². The minimum absolute atomic E-state index is 0.391. The van der Waals surface area contributed by atoms with Crippen molar-refractivity contribution in [1.82, 2.24) is 4.90 Å². The first kappa shape index (κ1) is 17.6. The van der Waals surface area contributed by atoms with E-state index in [1.165, 1.54) is 35.2 Å². The number of hydrogen-bond donors (Lipinski definition) is 1. The molecule has 0 fully saturated rings. The van der Waals surface area contributed by atoms with Gasteiger partial charge in [0.2, 0.25) is 0 Å². The van der Waals surface area contributed by atoms with Crippen LogP contribution in [0.5, 0.6) is 0 Å². The van der Waals surface area contributed by atoms with Gasteiger partial charge >= 0.3 is 0 Å². The molecule has 23 heavy (non-hydrogen) atoms. The molecule has 0 aliphatic carbocycles. The summed E-state index contributed by atoms with van der Waals surface area (Å²) in [5, 5.41) is 3.58. The number of unbranched alkanes of at least 4 members (excludes halogenated alkanes) is 1. The molecule has 0 aromatic heterocycles. The molecule has 2 heteroatoms. The third-order valence-corrected chi connectivity index (χ3v) is 4.53. The van der Waals surface area contributed by atoms with Gasteiger partial charge in [-0.25, -0.2) is 0 Å². The third kappa shape index (κ3) is 5.11. The van der Waals surface area contributed by atoms with Gasteiger partial charge in [-0.15, -0.1) is 0 Å². The highest BCUT2D eigenvalue weighted by Gasteiger charge is 2.13. The van der Waals surface area contributed by atoms with Crippen LogP contribution in [0.4, 0.5) is 5.69 Å². The molecule has 0 aliphatic heterocycles. The summed E-state index contributed by atoms with van der Waals surface area (Å²) < 4.78 is 0. The van der Waals surface area contributed by atoms with Gasteiger partial charge in [0.05, 0.1) is 0 Å². The molecule has 2 rings (SSSR count). The monoisotopic (exact) mass is 310 g/mol. The number of aryl methyl sites for hydroxylation is 1. The Morgan fingerprint density at radius 1 is 1.09 bits per heavy atom. The van der Waals surface area contributed by atoms with Crippen LogP contribution in [0, 0.1) is 6.92 Å². The van der Waals surface area contributed by atoms with E-state index in [0.717, 1.165) is 13.1 Å². The third-order valence-electron chi connectivity index (χ3n) is 4.53. The Kier molecular flexibility index (Phi) is 6.66. The molecule has 0 spiro atoms. The normalized spacial score (nSPS) is 12.4. The molecule has 1 atom stereocenters. The number of nitrogens with zero attached hydrogens (tertiary/aromatic N) is 1. The summed E-state index contributed by atoms with van der Waals surface area (Å²) in [7, 11) is 2.20. The predicted molar refractivity (Wildman–Crippen MR) is 101 cm³/mol. The first-order valence-electron chi connectivity index (χ1n) is 8.70. The first-order valence-corrected chi connectivity index (χ1v) is 8.70. The fraction of sp³-hybridized carbons (Fsp3) is 0.429. The quantitative estimate of drug-likeness (QED) is 0.657. The van der Waals surface area contributed by atoms with Gasteiger partial charge in [-0.2, -0.15) is 0 Å². The molecule has 2 aromatic rings. The van der Waals surface area contributed by atoms with E-state index in [2.05, 4.69) is 86.6 Å². The van der Waals surface area contributed by atoms with Crippen molar-refractivity contribution < 1.29 is 0 Å².